The van der Waals surface area contributed by atoms with Gasteiger partial charge in [0.25, 0.3) is 0 Å². The van der Waals surface area contributed by atoms with Crippen molar-refractivity contribution >= 4 is 14.4 Å². The van der Waals surface area contributed by atoms with Crippen LogP contribution >= 0.6 is 0 Å². The highest BCUT2D eigenvalue weighted by atomic mass is 28.3. The maximum absolute atomic E-state index is 10.7. The Balaban J connectivity index is 2.87. The average Bonchev–Trinajstić information content (AvgIpc) is 2.75. The molecule has 1 aliphatic carbocycles. The summed E-state index contributed by atoms with van der Waals surface area (Å²) in [4.78, 5) is 10.7. The molecule has 1 rings (SSSR count). The van der Waals surface area contributed by atoms with Gasteiger partial charge >= 0.3 is 0 Å². The largest absolute Gasteiger partial charge is 0.303 e. The van der Waals surface area contributed by atoms with Gasteiger partial charge in [-0.2, -0.15) is 0 Å². The molecule has 1 aliphatic rings. The molecule has 0 aromatic rings. The topological polar surface area (TPSA) is 17.1 Å². The molecule has 0 saturated heterocycles. The number of hydrogen-bond acceptors (Lipinski definition) is 1. The maximum atomic E-state index is 10.7. The van der Waals surface area contributed by atoms with E-state index in [4.69, 9.17) is 0 Å². The van der Waals surface area contributed by atoms with E-state index >= 15 is 0 Å². The maximum Gasteiger partial charge on any atom is 0.124 e. The third-order valence-corrected chi connectivity index (χ3v) is 6.38. The zero-order chi connectivity index (χ0) is 10.1. The van der Waals surface area contributed by atoms with Crippen LogP contribution < -0.4 is 0 Å². The minimum Gasteiger partial charge on any atom is -0.303 e. The van der Waals surface area contributed by atoms with E-state index in [1.807, 2.05) is 0 Å². The Kier molecular flexibility index (Phi) is 2.68. The Morgan fingerprint density at radius 1 is 1.54 bits per heavy atom. The molecule has 2 heteroatoms. The predicted molar refractivity (Wildman–Crippen MR) is 58.3 cm³/mol. The Bertz CT molecular complexity index is 266. The van der Waals surface area contributed by atoms with Gasteiger partial charge in [0.2, 0.25) is 0 Å². The standard InChI is InChI=1S/C11H18OSi/c1-5-6-7-11(13(2,3)4)8-10(11)9-12/h9-10H,5,8H2,1-4H3. The molecule has 2 atom stereocenters. The van der Waals surface area contributed by atoms with E-state index in [0.29, 0.717) is 0 Å². The monoisotopic (exact) mass is 194 g/mol. The van der Waals surface area contributed by atoms with Crippen LogP contribution in [0, 0.1) is 17.8 Å². The van der Waals surface area contributed by atoms with Crippen LogP contribution in [0.4, 0.5) is 0 Å². The van der Waals surface area contributed by atoms with Gasteiger partial charge in [-0.3, -0.25) is 0 Å². The van der Waals surface area contributed by atoms with Gasteiger partial charge in [-0.1, -0.05) is 32.5 Å². The summed E-state index contributed by atoms with van der Waals surface area (Å²) in [5.41, 5.74) is 0. The second-order valence-electron chi connectivity index (χ2n) is 4.82. The molecule has 0 N–H and O–H groups in total. The summed E-state index contributed by atoms with van der Waals surface area (Å²) in [6.45, 7) is 8.98. The first-order chi connectivity index (χ1) is 5.98. The Labute approximate surface area is 81.9 Å². The van der Waals surface area contributed by atoms with Crippen molar-refractivity contribution in [3.8, 4) is 11.8 Å². The van der Waals surface area contributed by atoms with Crippen LogP contribution in [0.25, 0.3) is 0 Å². The molecule has 1 fully saturated rings. The van der Waals surface area contributed by atoms with Gasteiger partial charge in [-0.25, -0.2) is 0 Å². The van der Waals surface area contributed by atoms with Crippen LogP contribution in [-0.2, 0) is 4.79 Å². The number of hydrogen-bond donors (Lipinski definition) is 0. The van der Waals surface area contributed by atoms with Gasteiger partial charge < -0.3 is 4.79 Å². The molecule has 1 saturated carbocycles. The van der Waals surface area contributed by atoms with Crippen molar-refractivity contribution < 1.29 is 4.79 Å². The molecule has 13 heavy (non-hydrogen) atoms. The van der Waals surface area contributed by atoms with Crippen molar-refractivity contribution in [1.29, 1.82) is 0 Å². The normalized spacial score (nSPS) is 31.8. The highest BCUT2D eigenvalue weighted by Gasteiger charge is 2.61. The van der Waals surface area contributed by atoms with Crippen LogP contribution in [0.15, 0.2) is 0 Å². The van der Waals surface area contributed by atoms with Crippen molar-refractivity contribution in [1.82, 2.24) is 0 Å². The predicted octanol–water partition coefficient (Wildman–Crippen LogP) is 2.70. The van der Waals surface area contributed by atoms with Gasteiger partial charge in [0.05, 0.1) is 8.07 Å². The Hall–Kier alpha value is -0.553. The smallest absolute Gasteiger partial charge is 0.124 e. The summed E-state index contributed by atoms with van der Waals surface area (Å²) in [5.74, 6) is 6.72. The zero-order valence-electron chi connectivity index (χ0n) is 8.98. The van der Waals surface area contributed by atoms with Crippen molar-refractivity contribution in [3.63, 3.8) is 0 Å². The third kappa shape index (κ3) is 1.71. The van der Waals surface area contributed by atoms with E-state index < -0.39 is 8.07 Å². The van der Waals surface area contributed by atoms with E-state index in [1.54, 1.807) is 0 Å². The lowest BCUT2D eigenvalue weighted by Gasteiger charge is -2.24. The van der Waals surface area contributed by atoms with Crippen LogP contribution in [0.5, 0.6) is 0 Å². The molecule has 72 valence electrons. The minimum atomic E-state index is -1.30. The average molecular weight is 194 g/mol. The zero-order valence-corrected chi connectivity index (χ0v) is 9.98. The number of carbonyl (C=O) groups excluding carboxylic acids is 1. The van der Waals surface area contributed by atoms with Crippen LogP contribution in [-0.4, -0.2) is 14.4 Å². The molecule has 0 aromatic heterocycles. The molecule has 1 nitrogen and oxygen atoms in total. The molecule has 2 unspecified atom stereocenters. The number of carbonyl (C=O) groups is 1. The fourth-order valence-electron chi connectivity index (χ4n) is 1.89. The molecule has 0 amide bonds. The Morgan fingerprint density at radius 2 is 2.15 bits per heavy atom. The van der Waals surface area contributed by atoms with Crippen molar-refractivity contribution in [2.75, 3.05) is 0 Å². The quantitative estimate of drug-likeness (QED) is 0.375. The molecule has 0 bridgehead atoms. The van der Waals surface area contributed by atoms with Crippen molar-refractivity contribution in [2.45, 2.75) is 44.4 Å². The SMILES string of the molecule is CCC#CC1([Si](C)(C)C)CC1C=O. The highest BCUT2D eigenvalue weighted by Crippen LogP contribution is 2.64. The van der Waals surface area contributed by atoms with Crippen LogP contribution in [0.2, 0.25) is 24.7 Å². The molecule has 0 heterocycles. The number of rotatable bonds is 2. The first-order valence-corrected chi connectivity index (χ1v) is 8.43. The molecule has 0 aromatic carbocycles. The molecule has 0 aliphatic heterocycles. The minimum absolute atomic E-state index is 0.116. The van der Waals surface area contributed by atoms with E-state index in [9.17, 15) is 4.79 Å². The first-order valence-electron chi connectivity index (χ1n) is 4.93. The molecule has 0 spiro atoms. The van der Waals surface area contributed by atoms with E-state index in [0.717, 1.165) is 19.1 Å². The lowest BCUT2D eigenvalue weighted by Crippen LogP contribution is -2.30. The second kappa shape index (κ2) is 3.30. The van der Waals surface area contributed by atoms with E-state index in [1.165, 1.54) is 0 Å². The Morgan fingerprint density at radius 3 is 2.46 bits per heavy atom. The summed E-state index contributed by atoms with van der Waals surface area (Å²) < 4.78 is 0. The van der Waals surface area contributed by atoms with E-state index in [-0.39, 0.29) is 11.0 Å². The summed E-state index contributed by atoms with van der Waals surface area (Å²) in [6, 6.07) is 0. The molecule has 0 radical (unpaired) electrons. The van der Waals surface area contributed by atoms with Gasteiger partial charge in [-0.05, 0) is 6.42 Å². The third-order valence-electron chi connectivity index (χ3n) is 3.01. The summed E-state index contributed by atoms with van der Waals surface area (Å²) >= 11 is 0. The van der Waals surface area contributed by atoms with Crippen molar-refractivity contribution in [2.24, 2.45) is 5.92 Å². The number of aldehydes is 1. The summed E-state index contributed by atoms with van der Waals surface area (Å²) in [5, 5.41) is 0.116. The summed E-state index contributed by atoms with van der Waals surface area (Å²) in [7, 11) is -1.30. The van der Waals surface area contributed by atoms with Gasteiger partial charge in [0.1, 0.15) is 6.29 Å². The molecular formula is C11H18OSi. The van der Waals surface area contributed by atoms with Gasteiger partial charge in [0.15, 0.2) is 0 Å². The highest BCUT2D eigenvalue weighted by molar-refractivity contribution is 6.81. The second-order valence-corrected chi connectivity index (χ2v) is 10.2. The summed E-state index contributed by atoms with van der Waals surface area (Å²) in [6.07, 6.45) is 3.01. The molecular weight excluding hydrogens is 176 g/mol. The van der Waals surface area contributed by atoms with E-state index in [2.05, 4.69) is 38.4 Å². The lowest BCUT2D eigenvalue weighted by molar-refractivity contribution is -0.108. The van der Waals surface area contributed by atoms with Gasteiger partial charge in [0, 0.05) is 17.4 Å². The van der Waals surface area contributed by atoms with Crippen LogP contribution in [0.1, 0.15) is 19.8 Å². The van der Waals surface area contributed by atoms with Gasteiger partial charge in [-0.15, -0.1) is 5.92 Å². The van der Waals surface area contributed by atoms with Crippen molar-refractivity contribution in [3.05, 3.63) is 0 Å². The lowest BCUT2D eigenvalue weighted by atomic mass is 10.3. The first kappa shape index (κ1) is 10.5. The fraction of sp³-hybridized carbons (Fsp3) is 0.727. The van der Waals surface area contributed by atoms with Crippen LogP contribution in [0.3, 0.4) is 0 Å². The fourth-order valence-corrected chi connectivity index (χ4v) is 4.37.